The third-order valence-corrected chi connectivity index (χ3v) is 3.65. The molecule has 0 aliphatic rings. The highest BCUT2D eigenvalue weighted by Crippen LogP contribution is 2.23. The maximum Gasteiger partial charge on any atom is 0.265 e. The summed E-state index contributed by atoms with van der Waals surface area (Å²) in [7, 11) is 1.60. The Labute approximate surface area is 137 Å². The van der Waals surface area contributed by atoms with E-state index in [1.54, 1.807) is 26.2 Å². The van der Waals surface area contributed by atoms with Crippen LogP contribution in [0.15, 0.2) is 36.4 Å². The van der Waals surface area contributed by atoms with Crippen molar-refractivity contribution in [3.05, 3.63) is 53.1 Å². The van der Waals surface area contributed by atoms with Crippen LogP contribution in [-0.2, 0) is 4.79 Å². The lowest BCUT2D eigenvalue weighted by molar-refractivity contribution is -0.122. The Morgan fingerprint density at radius 1 is 1.04 bits per heavy atom. The van der Waals surface area contributed by atoms with E-state index < -0.39 is 6.10 Å². The lowest BCUT2D eigenvalue weighted by Gasteiger charge is -2.18. The summed E-state index contributed by atoms with van der Waals surface area (Å²) in [6.07, 6.45) is -0.609. The normalized spacial score (nSPS) is 11.7. The third-order valence-electron chi connectivity index (χ3n) is 3.65. The van der Waals surface area contributed by atoms with Gasteiger partial charge >= 0.3 is 0 Å². The number of hydrogen-bond donors (Lipinski definition) is 1. The average molecular weight is 313 g/mol. The van der Waals surface area contributed by atoms with E-state index in [0.29, 0.717) is 11.5 Å². The number of carbonyl (C=O) groups excluding carboxylic acids is 1. The Bertz CT molecular complexity index is 687. The summed E-state index contributed by atoms with van der Waals surface area (Å²) in [5.74, 6) is 1.12. The first kappa shape index (κ1) is 16.9. The molecule has 0 aliphatic heterocycles. The Hall–Kier alpha value is -2.49. The van der Waals surface area contributed by atoms with E-state index in [9.17, 15) is 4.79 Å². The van der Waals surface area contributed by atoms with Crippen LogP contribution >= 0.6 is 0 Å². The molecule has 2 aromatic carbocycles. The molecule has 0 fully saturated rings. The maximum atomic E-state index is 12.4. The van der Waals surface area contributed by atoms with Crippen LogP contribution < -0.4 is 14.8 Å². The van der Waals surface area contributed by atoms with Crippen LogP contribution in [-0.4, -0.2) is 19.1 Å². The second-order valence-corrected chi connectivity index (χ2v) is 5.70. The summed E-state index contributed by atoms with van der Waals surface area (Å²) in [4.78, 5) is 12.4. The van der Waals surface area contributed by atoms with Crippen molar-refractivity contribution in [2.75, 3.05) is 12.4 Å². The molecule has 4 nitrogen and oxygen atoms in total. The van der Waals surface area contributed by atoms with Gasteiger partial charge in [-0.15, -0.1) is 0 Å². The smallest absolute Gasteiger partial charge is 0.265 e. The number of anilines is 1. The second-order valence-electron chi connectivity index (χ2n) is 5.70. The number of rotatable bonds is 5. The van der Waals surface area contributed by atoms with Crippen molar-refractivity contribution in [3.63, 3.8) is 0 Å². The zero-order valence-electron chi connectivity index (χ0n) is 14.3. The van der Waals surface area contributed by atoms with E-state index >= 15 is 0 Å². The molecule has 1 atom stereocenters. The molecule has 2 rings (SSSR count). The van der Waals surface area contributed by atoms with Crippen molar-refractivity contribution >= 4 is 11.6 Å². The average Bonchev–Trinajstić information content (AvgIpc) is 2.50. The number of nitrogens with one attached hydrogen (secondary N) is 1. The van der Waals surface area contributed by atoms with Gasteiger partial charge in [0.2, 0.25) is 0 Å². The third kappa shape index (κ3) is 4.25. The fourth-order valence-corrected chi connectivity index (χ4v) is 2.53. The molecule has 0 bridgehead atoms. The largest absolute Gasteiger partial charge is 0.497 e. The molecule has 2 aromatic rings. The van der Waals surface area contributed by atoms with Gasteiger partial charge in [-0.3, -0.25) is 4.79 Å². The molecule has 4 heteroatoms. The molecule has 1 N–H and O–H groups in total. The zero-order chi connectivity index (χ0) is 17.0. The minimum Gasteiger partial charge on any atom is -0.497 e. The quantitative estimate of drug-likeness (QED) is 0.906. The molecular weight excluding hydrogens is 290 g/mol. The Balaban J connectivity index is 2.08. The molecule has 23 heavy (non-hydrogen) atoms. The zero-order valence-corrected chi connectivity index (χ0v) is 14.3. The summed E-state index contributed by atoms with van der Waals surface area (Å²) in [5.41, 5.74) is 4.12. The number of ether oxygens (including phenoxy) is 2. The second kappa shape index (κ2) is 7.18. The van der Waals surface area contributed by atoms with Crippen LogP contribution in [0, 0.1) is 20.8 Å². The van der Waals surface area contributed by atoms with Gasteiger partial charge in [0.1, 0.15) is 11.5 Å². The fourth-order valence-electron chi connectivity index (χ4n) is 2.53. The van der Waals surface area contributed by atoms with E-state index in [0.717, 1.165) is 16.8 Å². The molecule has 0 radical (unpaired) electrons. The van der Waals surface area contributed by atoms with Crippen LogP contribution in [0.3, 0.4) is 0 Å². The Kier molecular flexibility index (Phi) is 5.27. The number of amides is 1. The molecule has 122 valence electrons. The van der Waals surface area contributed by atoms with Crippen molar-refractivity contribution in [2.24, 2.45) is 0 Å². The molecule has 0 saturated heterocycles. The number of hydrogen-bond acceptors (Lipinski definition) is 3. The minimum atomic E-state index is -0.609. The Morgan fingerprint density at radius 2 is 1.65 bits per heavy atom. The van der Waals surface area contributed by atoms with Gasteiger partial charge < -0.3 is 14.8 Å². The van der Waals surface area contributed by atoms with Gasteiger partial charge in [-0.05, 0) is 51.0 Å². The molecule has 0 aliphatic carbocycles. The molecular formula is C19H23NO3. The lowest BCUT2D eigenvalue weighted by atomic mass is 10.0. The summed E-state index contributed by atoms with van der Waals surface area (Å²) >= 11 is 0. The summed E-state index contributed by atoms with van der Waals surface area (Å²) in [6, 6.07) is 11.3. The molecule has 0 saturated carbocycles. The van der Waals surface area contributed by atoms with Crippen LogP contribution in [0.25, 0.3) is 0 Å². The van der Waals surface area contributed by atoms with Gasteiger partial charge in [-0.2, -0.15) is 0 Å². The summed E-state index contributed by atoms with van der Waals surface area (Å²) in [5, 5.41) is 2.96. The van der Waals surface area contributed by atoms with E-state index in [1.807, 2.05) is 32.9 Å². The molecule has 0 spiro atoms. The lowest BCUT2D eigenvalue weighted by Crippen LogP contribution is -2.30. The number of carbonyl (C=O) groups is 1. The SMILES string of the molecule is COc1cccc(OC(C)C(=O)Nc2c(C)cc(C)cc2C)c1. The van der Waals surface area contributed by atoms with E-state index in [2.05, 4.69) is 17.4 Å². The van der Waals surface area contributed by atoms with Crippen molar-refractivity contribution in [2.45, 2.75) is 33.8 Å². The van der Waals surface area contributed by atoms with Crippen LogP contribution in [0.4, 0.5) is 5.69 Å². The van der Waals surface area contributed by atoms with E-state index in [1.165, 1.54) is 5.56 Å². The van der Waals surface area contributed by atoms with Gasteiger partial charge in [0, 0.05) is 11.8 Å². The number of aryl methyl sites for hydroxylation is 3. The highest BCUT2D eigenvalue weighted by atomic mass is 16.5. The first-order valence-corrected chi connectivity index (χ1v) is 7.60. The highest BCUT2D eigenvalue weighted by Gasteiger charge is 2.17. The first-order valence-electron chi connectivity index (χ1n) is 7.60. The van der Waals surface area contributed by atoms with E-state index in [4.69, 9.17) is 9.47 Å². The molecule has 0 aromatic heterocycles. The summed E-state index contributed by atoms with van der Waals surface area (Å²) < 4.78 is 10.9. The van der Waals surface area contributed by atoms with Gasteiger partial charge in [-0.25, -0.2) is 0 Å². The van der Waals surface area contributed by atoms with Gasteiger partial charge in [-0.1, -0.05) is 23.8 Å². The highest BCUT2D eigenvalue weighted by molar-refractivity contribution is 5.95. The van der Waals surface area contributed by atoms with Crippen LogP contribution in [0.1, 0.15) is 23.6 Å². The molecule has 1 unspecified atom stereocenters. The van der Waals surface area contributed by atoms with E-state index in [-0.39, 0.29) is 5.91 Å². The first-order chi connectivity index (χ1) is 10.9. The van der Waals surface area contributed by atoms with Crippen LogP contribution in [0.5, 0.6) is 11.5 Å². The van der Waals surface area contributed by atoms with Gasteiger partial charge in [0.15, 0.2) is 6.10 Å². The van der Waals surface area contributed by atoms with Crippen LogP contribution in [0.2, 0.25) is 0 Å². The Morgan fingerprint density at radius 3 is 2.26 bits per heavy atom. The minimum absolute atomic E-state index is 0.178. The number of methoxy groups -OCH3 is 1. The topological polar surface area (TPSA) is 47.6 Å². The van der Waals surface area contributed by atoms with Gasteiger partial charge in [0.05, 0.1) is 7.11 Å². The van der Waals surface area contributed by atoms with Gasteiger partial charge in [0.25, 0.3) is 5.91 Å². The molecule has 0 heterocycles. The van der Waals surface area contributed by atoms with Crippen molar-refractivity contribution in [1.29, 1.82) is 0 Å². The maximum absolute atomic E-state index is 12.4. The standard InChI is InChI=1S/C19H23NO3/c1-12-9-13(2)18(14(3)10-12)20-19(21)15(4)23-17-8-6-7-16(11-17)22-5/h6-11,15H,1-5H3,(H,20,21). The summed E-state index contributed by atoms with van der Waals surface area (Å²) in [6.45, 7) is 7.75. The predicted molar refractivity (Wildman–Crippen MR) is 92.4 cm³/mol. The fraction of sp³-hybridized carbons (Fsp3) is 0.316. The van der Waals surface area contributed by atoms with Crippen molar-refractivity contribution in [3.8, 4) is 11.5 Å². The van der Waals surface area contributed by atoms with Crippen molar-refractivity contribution < 1.29 is 14.3 Å². The molecule has 1 amide bonds. The number of benzene rings is 2. The monoisotopic (exact) mass is 313 g/mol. The predicted octanol–water partition coefficient (Wildman–Crippen LogP) is 4.03. The van der Waals surface area contributed by atoms with Crippen molar-refractivity contribution in [1.82, 2.24) is 0 Å².